The van der Waals surface area contributed by atoms with Crippen LogP contribution in [0.3, 0.4) is 0 Å². The number of hydrogen-bond donors (Lipinski definition) is 1. The summed E-state index contributed by atoms with van der Waals surface area (Å²) in [4.78, 5) is 12.3. The van der Waals surface area contributed by atoms with Gasteiger partial charge in [-0.15, -0.1) is 0 Å². The van der Waals surface area contributed by atoms with Gasteiger partial charge in [0.05, 0.1) is 0 Å². The van der Waals surface area contributed by atoms with Crippen LogP contribution in [0.1, 0.15) is 11.1 Å². The van der Waals surface area contributed by atoms with Crippen molar-refractivity contribution < 1.29 is 4.79 Å². The summed E-state index contributed by atoms with van der Waals surface area (Å²) in [6.07, 6.45) is 1.94. The second kappa shape index (κ2) is 5.97. The first-order valence-corrected chi connectivity index (χ1v) is 7.94. The predicted molar refractivity (Wildman–Crippen MR) is 94.2 cm³/mol. The van der Waals surface area contributed by atoms with Crippen LogP contribution in [-0.2, 0) is 11.3 Å². The van der Waals surface area contributed by atoms with Crippen LogP contribution in [-0.4, -0.2) is 10.5 Å². The van der Waals surface area contributed by atoms with Crippen LogP contribution in [0.5, 0.6) is 0 Å². The number of aromatic nitrogens is 1. The van der Waals surface area contributed by atoms with E-state index in [1.54, 1.807) is 0 Å². The van der Waals surface area contributed by atoms with Crippen LogP contribution >= 0.6 is 15.9 Å². The number of nitrogens with one attached hydrogen (secondary N) is 1. The van der Waals surface area contributed by atoms with Gasteiger partial charge in [0.25, 0.3) is 0 Å². The van der Waals surface area contributed by atoms with Gasteiger partial charge in [-0.1, -0.05) is 28.1 Å². The van der Waals surface area contributed by atoms with E-state index in [9.17, 15) is 4.79 Å². The molecule has 0 bridgehead atoms. The SMILES string of the molecule is Cc1cccc(NC(=O)Cn2ccc3cc(Br)ccc32)c1C. The molecule has 0 aliphatic carbocycles. The van der Waals surface area contributed by atoms with Crippen LogP contribution < -0.4 is 5.32 Å². The minimum atomic E-state index is -0.0193. The lowest BCUT2D eigenvalue weighted by Crippen LogP contribution is -2.18. The monoisotopic (exact) mass is 356 g/mol. The van der Waals surface area contributed by atoms with Crippen molar-refractivity contribution in [1.29, 1.82) is 0 Å². The van der Waals surface area contributed by atoms with Crippen molar-refractivity contribution in [2.24, 2.45) is 0 Å². The zero-order chi connectivity index (χ0) is 15.7. The van der Waals surface area contributed by atoms with Crippen molar-refractivity contribution >= 4 is 38.4 Å². The quantitative estimate of drug-likeness (QED) is 0.727. The van der Waals surface area contributed by atoms with Gasteiger partial charge >= 0.3 is 0 Å². The Hall–Kier alpha value is -2.07. The van der Waals surface area contributed by atoms with Crippen molar-refractivity contribution in [1.82, 2.24) is 4.57 Å². The van der Waals surface area contributed by atoms with Crippen molar-refractivity contribution in [2.75, 3.05) is 5.32 Å². The van der Waals surface area contributed by atoms with Crippen molar-refractivity contribution in [3.8, 4) is 0 Å². The first-order valence-electron chi connectivity index (χ1n) is 7.15. The van der Waals surface area contributed by atoms with Crippen molar-refractivity contribution in [3.63, 3.8) is 0 Å². The molecule has 4 heteroatoms. The molecule has 3 aromatic rings. The van der Waals surface area contributed by atoms with E-state index in [1.165, 1.54) is 5.56 Å². The minimum Gasteiger partial charge on any atom is -0.338 e. The average Bonchev–Trinajstić information content (AvgIpc) is 2.86. The average molecular weight is 357 g/mol. The molecule has 0 fully saturated rings. The third-order valence-electron chi connectivity index (χ3n) is 3.93. The van der Waals surface area contributed by atoms with Gasteiger partial charge in [0.1, 0.15) is 6.54 Å². The number of carbonyl (C=O) groups is 1. The Bertz CT molecular complexity index is 851. The van der Waals surface area contributed by atoms with Crippen molar-refractivity contribution in [3.05, 3.63) is 64.3 Å². The molecule has 1 amide bonds. The number of amides is 1. The Morgan fingerprint density at radius 1 is 1.18 bits per heavy atom. The summed E-state index contributed by atoms with van der Waals surface area (Å²) in [6, 6.07) is 14.0. The van der Waals surface area contributed by atoms with E-state index in [0.29, 0.717) is 6.54 Å². The van der Waals surface area contributed by atoms with Gasteiger partial charge in [-0.2, -0.15) is 0 Å². The Balaban J connectivity index is 1.80. The van der Waals surface area contributed by atoms with Crippen LogP contribution in [0, 0.1) is 13.8 Å². The smallest absolute Gasteiger partial charge is 0.244 e. The molecule has 3 nitrogen and oxygen atoms in total. The topological polar surface area (TPSA) is 34.0 Å². The fourth-order valence-corrected chi connectivity index (χ4v) is 2.92. The van der Waals surface area contributed by atoms with Gasteiger partial charge in [-0.3, -0.25) is 4.79 Å². The van der Waals surface area contributed by atoms with E-state index in [2.05, 4.69) is 27.3 Å². The summed E-state index contributed by atoms with van der Waals surface area (Å²) in [5.41, 5.74) is 4.22. The van der Waals surface area contributed by atoms with Gasteiger partial charge in [0, 0.05) is 27.3 Å². The summed E-state index contributed by atoms with van der Waals surface area (Å²) in [7, 11) is 0. The molecule has 22 heavy (non-hydrogen) atoms. The van der Waals surface area contributed by atoms with E-state index < -0.39 is 0 Å². The lowest BCUT2D eigenvalue weighted by atomic mass is 10.1. The molecule has 1 aromatic heterocycles. The van der Waals surface area contributed by atoms with Crippen molar-refractivity contribution in [2.45, 2.75) is 20.4 Å². The third-order valence-corrected chi connectivity index (χ3v) is 4.42. The molecule has 3 rings (SSSR count). The summed E-state index contributed by atoms with van der Waals surface area (Å²) in [6.45, 7) is 4.37. The van der Waals surface area contributed by atoms with Crippen LogP contribution in [0.25, 0.3) is 10.9 Å². The lowest BCUT2D eigenvalue weighted by Gasteiger charge is -2.11. The van der Waals surface area contributed by atoms with Gasteiger partial charge < -0.3 is 9.88 Å². The molecule has 0 aliphatic heterocycles. The Morgan fingerprint density at radius 2 is 2.00 bits per heavy atom. The van der Waals surface area contributed by atoms with Crippen LogP contribution in [0.2, 0.25) is 0 Å². The molecule has 2 aromatic carbocycles. The molecule has 0 unspecified atom stereocenters. The molecule has 0 radical (unpaired) electrons. The largest absolute Gasteiger partial charge is 0.338 e. The van der Waals surface area contributed by atoms with E-state index in [-0.39, 0.29) is 5.91 Å². The fraction of sp³-hybridized carbons (Fsp3) is 0.167. The van der Waals surface area contributed by atoms with Crippen LogP contribution in [0.15, 0.2) is 53.1 Å². The fourth-order valence-electron chi connectivity index (χ4n) is 2.54. The highest BCUT2D eigenvalue weighted by atomic mass is 79.9. The Kier molecular flexibility index (Phi) is 4.03. The standard InChI is InChI=1S/C18H17BrN2O/c1-12-4-3-5-16(13(12)2)20-18(22)11-21-9-8-14-10-15(19)6-7-17(14)21/h3-10H,11H2,1-2H3,(H,20,22). The molecule has 0 aliphatic rings. The molecule has 0 atom stereocenters. The third kappa shape index (κ3) is 2.92. The molecule has 112 valence electrons. The second-order valence-corrected chi connectivity index (χ2v) is 6.36. The van der Waals surface area contributed by atoms with Gasteiger partial charge in [0.2, 0.25) is 5.91 Å². The summed E-state index contributed by atoms with van der Waals surface area (Å²) in [5.74, 6) is -0.0193. The van der Waals surface area contributed by atoms with E-state index in [0.717, 1.165) is 26.6 Å². The predicted octanol–water partition coefficient (Wildman–Crippen LogP) is 4.66. The summed E-state index contributed by atoms with van der Waals surface area (Å²) >= 11 is 3.46. The number of fused-ring (bicyclic) bond motifs is 1. The maximum absolute atomic E-state index is 12.3. The number of halogens is 1. The van der Waals surface area contributed by atoms with Gasteiger partial charge in [-0.05, 0) is 55.3 Å². The number of rotatable bonds is 3. The number of aryl methyl sites for hydroxylation is 1. The molecule has 0 spiro atoms. The highest BCUT2D eigenvalue weighted by Gasteiger charge is 2.09. The number of benzene rings is 2. The number of anilines is 1. The maximum Gasteiger partial charge on any atom is 0.244 e. The highest BCUT2D eigenvalue weighted by Crippen LogP contribution is 2.21. The lowest BCUT2D eigenvalue weighted by molar-refractivity contribution is -0.116. The first-order chi connectivity index (χ1) is 10.5. The van der Waals surface area contributed by atoms with Gasteiger partial charge in [0.15, 0.2) is 0 Å². The second-order valence-electron chi connectivity index (χ2n) is 5.44. The maximum atomic E-state index is 12.3. The Morgan fingerprint density at radius 3 is 2.82 bits per heavy atom. The number of nitrogens with zero attached hydrogens (tertiary/aromatic N) is 1. The van der Waals surface area contributed by atoms with Crippen LogP contribution in [0.4, 0.5) is 5.69 Å². The normalized spacial score (nSPS) is 10.9. The zero-order valence-electron chi connectivity index (χ0n) is 12.6. The first kappa shape index (κ1) is 14.9. The highest BCUT2D eigenvalue weighted by molar-refractivity contribution is 9.10. The molecule has 0 saturated heterocycles. The molecule has 1 heterocycles. The molecular formula is C18H17BrN2O. The molecule has 0 saturated carbocycles. The zero-order valence-corrected chi connectivity index (χ0v) is 14.1. The molecular weight excluding hydrogens is 340 g/mol. The number of hydrogen-bond acceptors (Lipinski definition) is 1. The van der Waals surface area contributed by atoms with Gasteiger partial charge in [-0.25, -0.2) is 0 Å². The van der Waals surface area contributed by atoms with E-state index >= 15 is 0 Å². The summed E-state index contributed by atoms with van der Waals surface area (Å²) < 4.78 is 3.00. The van der Waals surface area contributed by atoms with E-state index in [1.807, 2.05) is 61.0 Å². The molecule has 1 N–H and O–H groups in total. The van der Waals surface area contributed by atoms with E-state index in [4.69, 9.17) is 0 Å². The summed E-state index contributed by atoms with van der Waals surface area (Å²) in [5, 5.41) is 4.12. The minimum absolute atomic E-state index is 0.0193. The Labute approximate surface area is 138 Å². The number of carbonyl (C=O) groups excluding carboxylic acids is 1.